The summed E-state index contributed by atoms with van der Waals surface area (Å²) in [5, 5.41) is 0. The molecule has 0 unspecified atom stereocenters. The Morgan fingerprint density at radius 3 is 2.81 bits per heavy atom. The average Bonchev–Trinajstić information content (AvgIpc) is 2.96. The normalized spacial score (nSPS) is 21.7. The van der Waals surface area contributed by atoms with E-state index < -0.39 is 0 Å². The van der Waals surface area contributed by atoms with Gasteiger partial charge < -0.3 is 9.47 Å². The zero-order valence-corrected chi connectivity index (χ0v) is 13.1. The van der Waals surface area contributed by atoms with Gasteiger partial charge in [-0.2, -0.15) is 0 Å². The molecule has 0 spiro atoms. The second kappa shape index (κ2) is 8.37. The fourth-order valence-electron chi connectivity index (χ4n) is 2.62. The van der Waals surface area contributed by atoms with Crippen molar-refractivity contribution in [1.82, 2.24) is 4.90 Å². The van der Waals surface area contributed by atoms with E-state index in [1.54, 1.807) is 0 Å². The number of carbonyl (C=O) groups excluding carboxylic acids is 1. The van der Waals surface area contributed by atoms with Crippen LogP contribution < -0.4 is 0 Å². The van der Waals surface area contributed by atoms with Gasteiger partial charge in [-0.3, -0.25) is 9.69 Å². The molecule has 1 aliphatic rings. The third-order valence-corrected chi connectivity index (χ3v) is 4.09. The van der Waals surface area contributed by atoms with Crippen molar-refractivity contribution < 1.29 is 14.3 Å². The first kappa shape index (κ1) is 16.3. The van der Waals surface area contributed by atoms with Crippen LogP contribution in [0.2, 0.25) is 0 Å². The van der Waals surface area contributed by atoms with Crippen LogP contribution in [0.3, 0.4) is 0 Å². The van der Waals surface area contributed by atoms with Crippen LogP contribution in [0.5, 0.6) is 0 Å². The average molecular weight is 312 g/mol. The standard InChI is InChI=1S/C16H22ClNO3/c1-2-21-16(19)10-18(9-13-6-4-3-5-7-13)15-12-20-11-14(15)8-17/h3-7,14-15H,2,8-12H2,1H3/t14-,15+/m1/s1. The van der Waals surface area contributed by atoms with Crippen LogP contribution in [0.4, 0.5) is 0 Å². The van der Waals surface area contributed by atoms with Gasteiger partial charge in [-0.25, -0.2) is 0 Å². The summed E-state index contributed by atoms with van der Waals surface area (Å²) in [5.74, 6) is 0.595. The zero-order valence-electron chi connectivity index (χ0n) is 12.3. The van der Waals surface area contributed by atoms with Gasteiger partial charge in [0, 0.05) is 24.4 Å². The Bertz CT molecular complexity index is 440. The molecular weight excluding hydrogens is 290 g/mol. The number of esters is 1. The highest BCUT2D eigenvalue weighted by Gasteiger charge is 2.33. The smallest absolute Gasteiger partial charge is 0.320 e. The Balaban J connectivity index is 2.07. The highest BCUT2D eigenvalue weighted by atomic mass is 35.5. The lowest BCUT2D eigenvalue weighted by atomic mass is 10.0. The topological polar surface area (TPSA) is 38.8 Å². The van der Waals surface area contributed by atoms with Crippen LogP contribution in [-0.4, -0.2) is 49.2 Å². The number of halogens is 1. The molecule has 0 aliphatic carbocycles. The Morgan fingerprint density at radius 1 is 1.38 bits per heavy atom. The highest BCUT2D eigenvalue weighted by molar-refractivity contribution is 6.18. The Morgan fingerprint density at radius 2 is 2.14 bits per heavy atom. The second-order valence-electron chi connectivity index (χ2n) is 5.21. The van der Waals surface area contributed by atoms with Crippen molar-refractivity contribution in [1.29, 1.82) is 0 Å². The van der Waals surface area contributed by atoms with E-state index >= 15 is 0 Å². The minimum absolute atomic E-state index is 0.159. The van der Waals surface area contributed by atoms with Crippen LogP contribution in [0.15, 0.2) is 30.3 Å². The summed E-state index contributed by atoms with van der Waals surface area (Å²) in [6.45, 7) is 4.45. The summed E-state index contributed by atoms with van der Waals surface area (Å²) in [6.07, 6.45) is 0. The third kappa shape index (κ3) is 4.70. The molecule has 21 heavy (non-hydrogen) atoms. The first-order chi connectivity index (χ1) is 10.2. The van der Waals surface area contributed by atoms with Crippen molar-refractivity contribution >= 4 is 17.6 Å². The predicted octanol–water partition coefficient (Wildman–Crippen LogP) is 2.31. The van der Waals surface area contributed by atoms with Crippen LogP contribution in [0.25, 0.3) is 0 Å². The Labute approximate surface area is 131 Å². The van der Waals surface area contributed by atoms with E-state index in [1.807, 2.05) is 25.1 Å². The largest absolute Gasteiger partial charge is 0.465 e. The Hall–Kier alpha value is -1.10. The minimum atomic E-state index is -0.200. The fraction of sp³-hybridized carbons (Fsp3) is 0.562. The van der Waals surface area contributed by atoms with E-state index in [2.05, 4.69) is 17.0 Å². The summed E-state index contributed by atoms with van der Waals surface area (Å²) in [5.41, 5.74) is 1.17. The van der Waals surface area contributed by atoms with Crippen molar-refractivity contribution in [2.45, 2.75) is 19.5 Å². The molecular formula is C16H22ClNO3. The minimum Gasteiger partial charge on any atom is -0.465 e. The lowest BCUT2D eigenvalue weighted by Gasteiger charge is -2.30. The first-order valence-electron chi connectivity index (χ1n) is 7.32. The first-order valence-corrected chi connectivity index (χ1v) is 7.85. The van der Waals surface area contributed by atoms with Crippen molar-refractivity contribution in [3.63, 3.8) is 0 Å². The molecule has 5 heteroatoms. The number of hydrogen-bond donors (Lipinski definition) is 0. The number of alkyl halides is 1. The van der Waals surface area contributed by atoms with Crippen molar-refractivity contribution in [2.75, 3.05) is 32.2 Å². The van der Waals surface area contributed by atoms with Gasteiger partial charge in [-0.15, -0.1) is 11.6 Å². The van der Waals surface area contributed by atoms with Crippen molar-refractivity contribution in [3.05, 3.63) is 35.9 Å². The Kier molecular flexibility index (Phi) is 6.49. The molecule has 4 nitrogen and oxygen atoms in total. The van der Waals surface area contributed by atoms with Gasteiger partial charge in [0.05, 0.1) is 26.4 Å². The summed E-state index contributed by atoms with van der Waals surface area (Å²) >= 11 is 6.02. The maximum Gasteiger partial charge on any atom is 0.320 e. The number of rotatable bonds is 7. The molecule has 1 fully saturated rings. The molecule has 2 atom stereocenters. The van der Waals surface area contributed by atoms with E-state index in [4.69, 9.17) is 21.1 Å². The quantitative estimate of drug-likeness (QED) is 0.572. The monoisotopic (exact) mass is 311 g/mol. The number of benzene rings is 1. The van der Waals surface area contributed by atoms with E-state index in [9.17, 15) is 4.79 Å². The van der Waals surface area contributed by atoms with Gasteiger partial charge in [0.2, 0.25) is 0 Å². The molecule has 1 aliphatic heterocycles. The molecule has 0 N–H and O–H groups in total. The van der Waals surface area contributed by atoms with E-state index in [0.29, 0.717) is 32.2 Å². The molecule has 1 aromatic rings. The second-order valence-corrected chi connectivity index (χ2v) is 5.52. The number of hydrogen-bond acceptors (Lipinski definition) is 4. The van der Waals surface area contributed by atoms with Crippen LogP contribution >= 0.6 is 11.6 Å². The number of carbonyl (C=O) groups is 1. The van der Waals surface area contributed by atoms with Crippen LogP contribution in [0.1, 0.15) is 12.5 Å². The maximum atomic E-state index is 11.9. The molecule has 0 bridgehead atoms. The molecule has 1 saturated heterocycles. The molecule has 1 heterocycles. The van der Waals surface area contributed by atoms with E-state index in [1.165, 1.54) is 5.56 Å². The van der Waals surface area contributed by atoms with Crippen molar-refractivity contribution in [3.8, 4) is 0 Å². The molecule has 0 amide bonds. The fourth-order valence-corrected chi connectivity index (χ4v) is 2.91. The molecule has 116 valence electrons. The van der Waals surface area contributed by atoms with Gasteiger partial charge in [0.25, 0.3) is 0 Å². The lowest BCUT2D eigenvalue weighted by Crippen LogP contribution is -2.43. The van der Waals surface area contributed by atoms with Crippen LogP contribution in [0, 0.1) is 5.92 Å². The number of nitrogens with zero attached hydrogens (tertiary/aromatic N) is 1. The van der Waals surface area contributed by atoms with Gasteiger partial charge in [0.1, 0.15) is 0 Å². The van der Waals surface area contributed by atoms with Gasteiger partial charge >= 0.3 is 5.97 Å². The third-order valence-electron chi connectivity index (χ3n) is 3.70. The molecule has 0 saturated carbocycles. The molecule has 0 radical (unpaired) electrons. The van der Waals surface area contributed by atoms with E-state index in [0.717, 1.165) is 0 Å². The van der Waals surface area contributed by atoms with Gasteiger partial charge in [-0.05, 0) is 12.5 Å². The lowest BCUT2D eigenvalue weighted by molar-refractivity contribution is -0.145. The number of ether oxygens (including phenoxy) is 2. The molecule has 1 aromatic carbocycles. The molecule has 2 rings (SSSR count). The maximum absolute atomic E-state index is 11.9. The SMILES string of the molecule is CCOC(=O)CN(Cc1ccccc1)[C@H]1COC[C@H]1CCl. The van der Waals surface area contributed by atoms with Gasteiger partial charge in [-0.1, -0.05) is 30.3 Å². The summed E-state index contributed by atoms with van der Waals surface area (Å²) in [6, 6.07) is 10.3. The highest BCUT2D eigenvalue weighted by Crippen LogP contribution is 2.22. The summed E-state index contributed by atoms with van der Waals surface area (Å²) in [4.78, 5) is 14.0. The van der Waals surface area contributed by atoms with Crippen molar-refractivity contribution in [2.24, 2.45) is 5.92 Å². The van der Waals surface area contributed by atoms with E-state index in [-0.39, 0.29) is 24.5 Å². The molecule has 0 aromatic heterocycles. The van der Waals surface area contributed by atoms with Gasteiger partial charge in [0.15, 0.2) is 0 Å². The summed E-state index contributed by atoms with van der Waals surface area (Å²) < 4.78 is 10.6. The summed E-state index contributed by atoms with van der Waals surface area (Å²) in [7, 11) is 0. The zero-order chi connectivity index (χ0) is 15.1. The van der Waals surface area contributed by atoms with Crippen LogP contribution in [-0.2, 0) is 20.8 Å². The predicted molar refractivity (Wildman–Crippen MR) is 82.3 cm³/mol.